The monoisotopic (exact) mass is 474 g/mol. The molecular weight excluding hydrogens is 429 g/mol. The van der Waals surface area contributed by atoms with Gasteiger partial charge in [0, 0.05) is 11.3 Å². The van der Waals surface area contributed by atoms with Gasteiger partial charge < -0.3 is 4.74 Å². The molecule has 1 aromatic rings. The van der Waals surface area contributed by atoms with E-state index in [0.29, 0.717) is 6.42 Å². The second-order valence-corrected chi connectivity index (χ2v) is 9.69. The van der Waals surface area contributed by atoms with Gasteiger partial charge in [-0.05, 0) is 49.9 Å². The van der Waals surface area contributed by atoms with E-state index in [4.69, 9.17) is 4.74 Å². The van der Waals surface area contributed by atoms with Crippen molar-refractivity contribution >= 4 is 12.6 Å². The van der Waals surface area contributed by atoms with E-state index >= 15 is 0 Å². The molecule has 0 spiro atoms. The summed E-state index contributed by atoms with van der Waals surface area (Å²) in [4.78, 5) is 1.02. The predicted molar refractivity (Wildman–Crippen MR) is 133 cm³/mol. The van der Waals surface area contributed by atoms with Crippen LogP contribution in [0.5, 0.6) is 5.75 Å². The van der Waals surface area contributed by atoms with Crippen LogP contribution in [0.15, 0.2) is 17.0 Å². The van der Waals surface area contributed by atoms with Gasteiger partial charge in [0.25, 0.3) is 0 Å². The Labute approximate surface area is 200 Å². The maximum absolute atomic E-state index is 12.0. The van der Waals surface area contributed by atoms with Gasteiger partial charge in [0.15, 0.2) is 0 Å². The first kappa shape index (κ1) is 29.2. The normalized spacial score (nSPS) is 11.8. The SMILES string of the molecule is Cc1c(S)ccc(OCCCCCCCCCCCCCCCCCCC(F)(F)F)c1C. The van der Waals surface area contributed by atoms with Crippen molar-refractivity contribution < 1.29 is 17.9 Å². The predicted octanol–water partition coefficient (Wildman–Crippen LogP) is 10.2. The van der Waals surface area contributed by atoms with Crippen molar-refractivity contribution in [1.29, 1.82) is 0 Å². The van der Waals surface area contributed by atoms with Crippen LogP contribution in [0.3, 0.4) is 0 Å². The van der Waals surface area contributed by atoms with Crippen LogP contribution in [0, 0.1) is 13.8 Å². The van der Waals surface area contributed by atoms with Gasteiger partial charge in [-0.25, -0.2) is 0 Å². The van der Waals surface area contributed by atoms with E-state index in [1.165, 1.54) is 81.8 Å². The molecule has 1 aromatic carbocycles. The second kappa shape index (κ2) is 17.6. The van der Waals surface area contributed by atoms with Crippen molar-refractivity contribution in [3.63, 3.8) is 0 Å². The highest BCUT2D eigenvalue weighted by atomic mass is 32.1. The first-order valence-electron chi connectivity index (χ1n) is 12.8. The highest BCUT2D eigenvalue weighted by Crippen LogP contribution is 2.26. The summed E-state index contributed by atoms with van der Waals surface area (Å²) in [7, 11) is 0. The molecule has 0 atom stereocenters. The van der Waals surface area contributed by atoms with Gasteiger partial charge in [-0.2, -0.15) is 13.2 Å². The molecule has 0 radical (unpaired) electrons. The molecule has 0 amide bonds. The lowest BCUT2D eigenvalue weighted by molar-refractivity contribution is -0.135. The Balaban J connectivity index is 1.79. The molecule has 0 N–H and O–H groups in total. The van der Waals surface area contributed by atoms with Crippen LogP contribution in [0.1, 0.15) is 120 Å². The van der Waals surface area contributed by atoms with Gasteiger partial charge in [-0.1, -0.05) is 89.9 Å². The maximum Gasteiger partial charge on any atom is 0.389 e. The van der Waals surface area contributed by atoms with Gasteiger partial charge in [0.2, 0.25) is 0 Å². The quantitative estimate of drug-likeness (QED) is 0.155. The third-order valence-electron chi connectivity index (χ3n) is 6.32. The van der Waals surface area contributed by atoms with Crippen molar-refractivity contribution in [2.45, 2.75) is 134 Å². The number of unbranched alkanes of at least 4 members (excludes halogenated alkanes) is 15. The minimum atomic E-state index is -3.98. The van der Waals surface area contributed by atoms with E-state index in [9.17, 15) is 13.2 Å². The van der Waals surface area contributed by atoms with Gasteiger partial charge in [-0.3, -0.25) is 0 Å². The first-order chi connectivity index (χ1) is 15.3. The lowest BCUT2D eigenvalue weighted by Crippen LogP contribution is -2.06. The number of benzene rings is 1. The zero-order chi connectivity index (χ0) is 23.7. The highest BCUT2D eigenvalue weighted by molar-refractivity contribution is 7.80. The molecule has 0 bridgehead atoms. The van der Waals surface area contributed by atoms with Crippen molar-refractivity contribution in [2.24, 2.45) is 0 Å². The number of hydrogen-bond donors (Lipinski definition) is 1. The van der Waals surface area contributed by atoms with E-state index in [1.54, 1.807) is 0 Å². The third-order valence-corrected chi connectivity index (χ3v) is 6.81. The van der Waals surface area contributed by atoms with E-state index in [2.05, 4.69) is 26.5 Å². The molecule has 0 aliphatic rings. The summed E-state index contributed by atoms with van der Waals surface area (Å²) in [6, 6.07) is 4.03. The average molecular weight is 475 g/mol. The molecule has 0 aliphatic carbocycles. The summed E-state index contributed by atoms with van der Waals surface area (Å²) >= 11 is 4.45. The molecule has 0 fully saturated rings. The standard InChI is InChI=1S/C27H45F3OS/c1-23-24(2)26(32)20-19-25(23)31-22-18-16-14-12-10-8-6-4-3-5-7-9-11-13-15-17-21-27(28,29)30/h19-20,32H,3-18,21-22H2,1-2H3. The fraction of sp³-hybridized carbons (Fsp3) is 0.778. The van der Waals surface area contributed by atoms with Gasteiger partial charge in [0.1, 0.15) is 5.75 Å². The Kier molecular flexibility index (Phi) is 16.1. The topological polar surface area (TPSA) is 9.23 Å². The number of alkyl halides is 3. The summed E-state index contributed by atoms with van der Waals surface area (Å²) < 4.78 is 42.1. The molecule has 32 heavy (non-hydrogen) atoms. The van der Waals surface area contributed by atoms with Crippen LogP contribution >= 0.6 is 12.6 Å². The zero-order valence-corrected chi connectivity index (χ0v) is 21.3. The van der Waals surface area contributed by atoms with E-state index in [-0.39, 0.29) is 0 Å². The van der Waals surface area contributed by atoms with Crippen LogP contribution in [-0.2, 0) is 0 Å². The molecule has 0 unspecified atom stereocenters. The Morgan fingerprint density at radius 1 is 0.625 bits per heavy atom. The fourth-order valence-corrected chi connectivity index (χ4v) is 4.26. The fourth-order valence-electron chi connectivity index (χ4n) is 4.02. The maximum atomic E-state index is 12.0. The Morgan fingerprint density at radius 2 is 1.03 bits per heavy atom. The largest absolute Gasteiger partial charge is 0.493 e. The van der Waals surface area contributed by atoms with Gasteiger partial charge in [0.05, 0.1) is 6.61 Å². The number of halogens is 3. The smallest absolute Gasteiger partial charge is 0.389 e. The molecule has 0 heterocycles. The van der Waals surface area contributed by atoms with Gasteiger partial charge >= 0.3 is 6.18 Å². The van der Waals surface area contributed by atoms with E-state index in [0.717, 1.165) is 42.9 Å². The number of rotatable bonds is 19. The molecular formula is C27H45F3OS. The zero-order valence-electron chi connectivity index (χ0n) is 20.4. The van der Waals surface area contributed by atoms with Crippen LogP contribution in [0.25, 0.3) is 0 Å². The van der Waals surface area contributed by atoms with Crippen LogP contribution in [-0.4, -0.2) is 12.8 Å². The van der Waals surface area contributed by atoms with Crippen LogP contribution in [0.4, 0.5) is 13.2 Å². The molecule has 0 aliphatic heterocycles. The minimum Gasteiger partial charge on any atom is -0.493 e. The number of thiol groups is 1. The lowest BCUT2D eigenvalue weighted by Gasteiger charge is -2.12. The molecule has 0 aromatic heterocycles. The molecule has 0 saturated carbocycles. The first-order valence-corrected chi connectivity index (χ1v) is 13.2. The van der Waals surface area contributed by atoms with Crippen molar-refractivity contribution in [2.75, 3.05) is 6.61 Å². The van der Waals surface area contributed by atoms with Crippen molar-refractivity contribution in [3.8, 4) is 5.75 Å². The molecule has 0 saturated heterocycles. The van der Waals surface area contributed by atoms with Crippen LogP contribution < -0.4 is 4.74 Å². The molecule has 1 nitrogen and oxygen atoms in total. The summed E-state index contributed by atoms with van der Waals surface area (Å²) in [5, 5.41) is 0. The van der Waals surface area contributed by atoms with E-state index in [1.807, 2.05) is 12.1 Å². The average Bonchev–Trinajstić information content (AvgIpc) is 2.74. The molecule has 5 heteroatoms. The summed E-state index contributed by atoms with van der Waals surface area (Å²) in [6.45, 7) is 4.97. The Hall–Kier alpha value is -0.840. The summed E-state index contributed by atoms with van der Waals surface area (Å²) in [5.74, 6) is 0.987. The second-order valence-electron chi connectivity index (χ2n) is 9.20. The Morgan fingerprint density at radius 3 is 1.47 bits per heavy atom. The highest BCUT2D eigenvalue weighted by Gasteiger charge is 2.25. The van der Waals surface area contributed by atoms with Crippen molar-refractivity contribution in [3.05, 3.63) is 23.3 Å². The number of hydrogen-bond acceptors (Lipinski definition) is 2. The van der Waals surface area contributed by atoms with Crippen LogP contribution in [0.2, 0.25) is 0 Å². The molecule has 1 rings (SSSR count). The third kappa shape index (κ3) is 15.1. The van der Waals surface area contributed by atoms with Gasteiger partial charge in [-0.15, -0.1) is 12.6 Å². The molecule has 186 valence electrons. The summed E-state index contributed by atoms with van der Waals surface area (Å²) in [5.41, 5.74) is 2.39. The lowest BCUT2D eigenvalue weighted by atomic mass is 10.0. The van der Waals surface area contributed by atoms with Crippen molar-refractivity contribution in [1.82, 2.24) is 0 Å². The summed E-state index contributed by atoms with van der Waals surface area (Å²) in [6.07, 6.45) is 13.7. The minimum absolute atomic E-state index is 0.293. The number of ether oxygens (including phenoxy) is 1. The Bertz CT molecular complexity index is 601. The van der Waals surface area contributed by atoms with E-state index < -0.39 is 12.6 Å².